The van der Waals surface area contributed by atoms with Gasteiger partial charge in [0, 0.05) is 38.1 Å². The quantitative estimate of drug-likeness (QED) is 0.698. The molecular weight excluding hydrogens is 216 g/mol. The Labute approximate surface area is 100 Å². The minimum absolute atomic E-state index is 0.535. The van der Waals surface area contributed by atoms with Gasteiger partial charge in [-0.3, -0.25) is 9.69 Å². The maximum absolute atomic E-state index is 10.5. The molecule has 1 unspecified atom stereocenters. The van der Waals surface area contributed by atoms with Crippen molar-refractivity contribution >= 4 is 12.2 Å². The van der Waals surface area contributed by atoms with Crippen LogP contribution in [-0.4, -0.2) is 53.4 Å². The summed E-state index contributed by atoms with van der Waals surface area (Å²) in [6, 6.07) is 0.665. The number of anilines is 1. The van der Waals surface area contributed by atoms with E-state index in [4.69, 9.17) is 0 Å². The van der Waals surface area contributed by atoms with Crippen LogP contribution in [0.1, 0.15) is 23.2 Å². The molecule has 0 N–H and O–H groups in total. The van der Waals surface area contributed by atoms with Crippen LogP contribution in [0.2, 0.25) is 0 Å². The number of piperazine rings is 1. The topological polar surface area (TPSA) is 49.3 Å². The summed E-state index contributed by atoms with van der Waals surface area (Å²) in [6.45, 7) is 4.34. The number of aromatic nitrogens is 2. The second-order valence-corrected chi connectivity index (χ2v) is 4.71. The van der Waals surface area contributed by atoms with Crippen LogP contribution in [0.25, 0.3) is 0 Å². The van der Waals surface area contributed by atoms with Crippen molar-refractivity contribution in [2.75, 3.05) is 31.1 Å². The van der Waals surface area contributed by atoms with Crippen molar-refractivity contribution in [1.82, 2.24) is 14.9 Å². The zero-order valence-electron chi connectivity index (χ0n) is 9.75. The molecule has 5 nitrogen and oxygen atoms in total. The maximum atomic E-state index is 10.5. The Morgan fingerprint density at radius 1 is 1.24 bits per heavy atom. The minimum atomic E-state index is 0.535. The lowest BCUT2D eigenvalue weighted by molar-refractivity contribution is 0.112. The van der Waals surface area contributed by atoms with Crippen LogP contribution in [0, 0.1) is 0 Å². The first kappa shape index (κ1) is 10.7. The van der Waals surface area contributed by atoms with Gasteiger partial charge in [-0.05, 0) is 19.4 Å². The highest BCUT2D eigenvalue weighted by molar-refractivity contribution is 5.73. The third-order valence-electron chi connectivity index (χ3n) is 3.66. The molecule has 3 heterocycles. The summed E-state index contributed by atoms with van der Waals surface area (Å²) in [5, 5.41) is 0. The summed E-state index contributed by atoms with van der Waals surface area (Å²) < 4.78 is 0. The lowest BCUT2D eigenvalue weighted by Gasteiger charge is -2.37. The molecule has 1 aromatic rings. The molecule has 0 spiro atoms. The number of hydrogen-bond donors (Lipinski definition) is 0. The van der Waals surface area contributed by atoms with Gasteiger partial charge in [-0.25, -0.2) is 9.97 Å². The van der Waals surface area contributed by atoms with Gasteiger partial charge in [0.05, 0.1) is 5.56 Å². The van der Waals surface area contributed by atoms with Crippen molar-refractivity contribution in [1.29, 1.82) is 0 Å². The Kier molecular flexibility index (Phi) is 2.76. The molecule has 0 aromatic carbocycles. The summed E-state index contributed by atoms with van der Waals surface area (Å²) in [7, 11) is 0. The van der Waals surface area contributed by atoms with Crippen molar-refractivity contribution in [3.63, 3.8) is 0 Å². The fraction of sp³-hybridized carbons (Fsp3) is 0.583. The summed E-state index contributed by atoms with van der Waals surface area (Å²) in [6.07, 6.45) is 6.55. The molecule has 1 aromatic heterocycles. The smallest absolute Gasteiger partial charge is 0.225 e. The standard InChI is InChI=1S/C12H16N4O/c17-9-10-6-13-12(14-7-10)16-5-4-15-3-1-2-11(15)8-16/h6-7,9,11H,1-5,8H2. The minimum Gasteiger partial charge on any atom is -0.338 e. The molecule has 2 fully saturated rings. The Morgan fingerprint density at radius 2 is 2.06 bits per heavy atom. The van der Waals surface area contributed by atoms with Gasteiger partial charge in [0.1, 0.15) is 0 Å². The lowest BCUT2D eigenvalue weighted by Crippen LogP contribution is -2.50. The average molecular weight is 232 g/mol. The van der Waals surface area contributed by atoms with E-state index in [1.807, 2.05) is 0 Å². The number of hydrogen-bond acceptors (Lipinski definition) is 5. The fourth-order valence-electron chi connectivity index (χ4n) is 2.73. The van der Waals surface area contributed by atoms with Crippen molar-refractivity contribution in [3.05, 3.63) is 18.0 Å². The van der Waals surface area contributed by atoms with Gasteiger partial charge in [-0.15, -0.1) is 0 Å². The molecule has 2 aliphatic rings. The van der Waals surface area contributed by atoms with Crippen LogP contribution in [0.4, 0.5) is 5.95 Å². The zero-order chi connectivity index (χ0) is 11.7. The van der Waals surface area contributed by atoms with Crippen molar-refractivity contribution < 1.29 is 4.79 Å². The fourth-order valence-corrected chi connectivity index (χ4v) is 2.73. The van der Waals surface area contributed by atoms with Gasteiger partial charge in [0.15, 0.2) is 6.29 Å². The van der Waals surface area contributed by atoms with Gasteiger partial charge in [0.25, 0.3) is 0 Å². The number of fused-ring (bicyclic) bond motifs is 1. The molecule has 0 aliphatic carbocycles. The van der Waals surface area contributed by atoms with Gasteiger partial charge in [0.2, 0.25) is 5.95 Å². The molecule has 0 amide bonds. The van der Waals surface area contributed by atoms with Gasteiger partial charge in [-0.1, -0.05) is 0 Å². The number of carbonyl (C=O) groups is 1. The normalized spacial score (nSPS) is 24.7. The highest BCUT2D eigenvalue weighted by atomic mass is 16.1. The van der Waals surface area contributed by atoms with E-state index in [1.54, 1.807) is 12.4 Å². The molecule has 17 heavy (non-hydrogen) atoms. The lowest BCUT2D eigenvalue weighted by atomic mass is 10.2. The number of carbonyl (C=O) groups excluding carboxylic acids is 1. The van der Waals surface area contributed by atoms with E-state index in [0.717, 1.165) is 31.9 Å². The summed E-state index contributed by atoms with van der Waals surface area (Å²) in [4.78, 5) is 23.8. The molecule has 1 atom stereocenters. The number of nitrogens with zero attached hydrogens (tertiary/aromatic N) is 4. The summed E-state index contributed by atoms with van der Waals surface area (Å²) in [5.74, 6) is 0.752. The first-order chi connectivity index (χ1) is 8.36. The Hall–Kier alpha value is -1.49. The first-order valence-corrected chi connectivity index (χ1v) is 6.13. The van der Waals surface area contributed by atoms with E-state index >= 15 is 0 Å². The molecular formula is C12H16N4O. The monoisotopic (exact) mass is 232 g/mol. The van der Waals surface area contributed by atoms with Crippen LogP contribution in [0.3, 0.4) is 0 Å². The van der Waals surface area contributed by atoms with E-state index in [9.17, 15) is 4.79 Å². The summed E-state index contributed by atoms with van der Waals surface area (Å²) >= 11 is 0. The van der Waals surface area contributed by atoms with Crippen LogP contribution in [0.5, 0.6) is 0 Å². The van der Waals surface area contributed by atoms with E-state index in [2.05, 4.69) is 19.8 Å². The first-order valence-electron chi connectivity index (χ1n) is 6.13. The van der Waals surface area contributed by atoms with Crippen molar-refractivity contribution in [2.45, 2.75) is 18.9 Å². The number of aldehydes is 1. The van der Waals surface area contributed by atoms with Gasteiger partial charge >= 0.3 is 0 Å². The van der Waals surface area contributed by atoms with E-state index in [-0.39, 0.29) is 0 Å². The highest BCUT2D eigenvalue weighted by Gasteiger charge is 2.31. The molecule has 2 aliphatic heterocycles. The largest absolute Gasteiger partial charge is 0.338 e. The van der Waals surface area contributed by atoms with Gasteiger partial charge < -0.3 is 4.90 Å². The Morgan fingerprint density at radius 3 is 2.82 bits per heavy atom. The zero-order valence-corrected chi connectivity index (χ0v) is 9.75. The van der Waals surface area contributed by atoms with Crippen LogP contribution in [-0.2, 0) is 0 Å². The third-order valence-corrected chi connectivity index (χ3v) is 3.66. The SMILES string of the molecule is O=Cc1cnc(N2CCN3CCCC3C2)nc1. The van der Waals surface area contributed by atoms with Crippen molar-refractivity contribution in [3.8, 4) is 0 Å². The molecule has 0 bridgehead atoms. The Balaban J connectivity index is 1.73. The van der Waals surface area contributed by atoms with E-state index in [0.29, 0.717) is 11.6 Å². The summed E-state index contributed by atoms with van der Waals surface area (Å²) in [5.41, 5.74) is 0.535. The van der Waals surface area contributed by atoms with Crippen LogP contribution >= 0.6 is 0 Å². The predicted molar refractivity (Wildman–Crippen MR) is 64.2 cm³/mol. The van der Waals surface area contributed by atoms with Crippen LogP contribution in [0.15, 0.2) is 12.4 Å². The molecule has 90 valence electrons. The predicted octanol–water partition coefficient (Wildman–Crippen LogP) is 0.573. The Bertz CT molecular complexity index is 405. The average Bonchev–Trinajstić information content (AvgIpc) is 2.86. The second-order valence-electron chi connectivity index (χ2n) is 4.71. The number of rotatable bonds is 2. The highest BCUT2D eigenvalue weighted by Crippen LogP contribution is 2.23. The van der Waals surface area contributed by atoms with Gasteiger partial charge in [-0.2, -0.15) is 0 Å². The molecule has 5 heteroatoms. The van der Waals surface area contributed by atoms with Crippen LogP contribution < -0.4 is 4.90 Å². The molecule has 3 rings (SSSR count). The third kappa shape index (κ3) is 2.02. The van der Waals surface area contributed by atoms with E-state index in [1.165, 1.54) is 19.4 Å². The maximum Gasteiger partial charge on any atom is 0.225 e. The van der Waals surface area contributed by atoms with E-state index < -0.39 is 0 Å². The second kappa shape index (κ2) is 4.41. The molecule has 0 radical (unpaired) electrons. The molecule has 0 saturated carbocycles. The van der Waals surface area contributed by atoms with Crippen molar-refractivity contribution in [2.24, 2.45) is 0 Å². The molecule has 2 saturated heterocycles.